The fraction of sp³-hybridized carbons (Fsp3) is 0.941. The van der Waals surface area contributed by atoms with Crippen LogP contribution >= 0.6 is 24.0 Å². The van der Waals surface area contributed by atoms with E-state index in [2.05, 4.69) is 15.2 Å². The number of nitrogens with one attached hydrogen (secondary N) is 1. The van der Waals surface area contributed by atoms with E-state index >= 15 is 0 Å². The van der Waals surface area contributed by atoms with Crippen molar-refractivity contribution in [1.82, 2.24) is 10.2 Å². The van der Waals surface area contributed by atoms with Gasteiger partial charge in [0.2, 0.25) is 0 Å². The first kappa shape index (κ1) is 21.9. The zero-order valence-corrected chi connectivity index (χ0v) is 17.4. The van der Waals surface area contributed by atoms with E-state index in [1.165, 1.54) is 25.7 Å². The Morgan fingerprint density at radius 1 is 1.29 bits per heavy atom. The zero-order chi connectivity index (χ0) is 16.4. The number of nitrogens with two attached hydrogens (primary N) is 1. The SMILES string of the molecule is COCCC1(CN=C(N)NCCCN2CCOCC2)CCCC1.I. The molecular weight excluding hydrogens is 419 g/mol. The average molecular weight is 454 g/mol. The number of guanidine groups is 1. The molecule has 1 aliphatic carbocycles. The Kier molecular flexibility index (Phi) is 11.2. The van der Waals surface area contributed by atoms with Gasteiger partial charge in [-0.3, -0.25) is 9.89 Å². The van der Waals surface area contributed by atoms with Gasteiger partial charge in [0.15, 0.2) is 5.96 Å². The highest BCUT2D eigenvalue weighted by atomic mass is 127. The number of hydrogen-bond acceptors (Lipinski definition) is 4. The van der Waals surface area contributed by atoms with Crippen LogP contribution in [0.15, 0.2) is 4.99 Å². The fourth-order valence-corrected chi connectivity index (χ4v) is 3.58. The van der Waals surface area contributed by atoms with Crippen molar-refractivity contribution in [3.05, 3.63) is 0 Å². The monoisotopic (exact) mass is 454 g/mol. The maximum atomic E-state index is 6.03. The lowest BCUT2D eigenvalue weighted by molar-refractivity contribution is 0.0376. The second kappa shape index (κ2) is 12.3. The van der Waals surface area contributed by atoms with E-state index in [0.717, 1.165) is 65.4 Å². The van der Waals surface area contributed by atoms with Gasteiger partial charge in [0.1, 0.15) is 0 Å². The summed E-state index contributed by atoms with van der Waals surface area (Å²) in [5, 5.41) is 3.26. The molecule has 0 aromatic carbocycles. The van der Waals surface area contributed by atoms with Crippen molar-refractivity contribution < 1.29 is 9.47 Å². The Morgan fingerprint density at radius 2 is 2.00 bits per heavy atom. The maximum Gasteiger partial charge on any atom is 0.188 e. The summed E-state index contributed by atoms with van der Waals surface area (Å²) in [7, 11) is 1.77. The molecule has 3 N–H and O–H groups in total. The molecule has 0 unspecified atom stereocenters. The van der Waals surface area contributed by atoms with Crippen LogP contribution in [-0.2, 0) is 9.47 Å². The first-order valence-corrected chi connectivity index (χ1v) is 9.07. The van der Waals surface area contributed by atoms with Gasteiger partial charge in [0.05, 0.1) is 13.2 Å². The van der Waals surface area contributed by atoms with E-state index in [0.29, 0.717) is 11.4 Å². The molecule has 2 fully saturated rings. The summed E-state index contributed by atoms with van der Waals surface area (Å²) in [4.78, 5) is 7.05. The van der Waals surface area contributed by atoms with Gasteiger partial charge in [-0.1, -0.05) is 12.8 Å². The average Bonchev–Trinajstić information content (AvgIpc) is 3.05. The van der Waals surface area contributed by atoms with Crippen LogP contribution in [0.25, 0.3) is 0 Å². The number of methoxy groups -OCH3 is 1. The normalized spacial score (nSPS) is 21.5. The minimum Gasteiger partial charge on any atom is -0.385 e. The van der Waals surface area contributed by atoms with Crippen LogP contribution < -0.4 is 11.1 Å². The summed E-state index contributed by atoms with van der Waals surface area (Å²) in [5.41, 5.74) is 6.35. The number of nitrogens with zero attached hydrogens (tertiary/aromatic N) is 2. The summed E-state index contributed by atoms with van der Waals surface area (Å²) in [6, 6.07) is 0. The molecule has 0 aromatic heterocycles. The van der Waals surface area contributed by atoms with Crippen LogP contribution in [0.3, 0.4) is 0 Å². The molecule has 0 spiro atoms. The predicted molar refractivity (Wildman–Crippen MR) is 109 cm³/mol. The molecule has 2 rings (SSSR count). The second-order valence-electron chi connectivity index (χ2n) is 6.89. The Hall–Kier alpha value is -0.120. The molecule has 1 aliphatic heterocycles. The molecule has 24 heavy (non-hydrogen) atoms. The van der Waals surface area contributed by atoms with Crippen molar-refractivity contribution in [2.45, 2.75) is 38.5 Å². The summed E-state index contributed by atoms with van der Waals surface area (Å²) in [6.45, 7) is 7.46. The van der Waals surface area contributed by atoms with Gasteiger partial charge in [-0.25, -0.2) is 0 Å². The number of morpholine rings is 1. The minimum absolute atomic E-state index is 0. The Balaban J connectivity index is 0.00000288. The molecule has 7 heteroatoms. The highest BCUT2D eigenvalue weighted by molar-refractivity contribution is 14.0. The zero-order valence-electron chi connectivity index (χ0n) is 15.1. The quantitative estimate of drug-likeness (QED) is 0.241. The van der Waals surface area contributed by atoms with Crippen molar-refractivity contribution in [2.24, 2.45) is 16.1 Å². The number of rotatable bonds is 9. The lowest BCUT2D eigenvalue weighted by Gasteiger charge is -2.27. The highest BCUT2D eigenvalue weighted by Crippen LogP contribution is 2.41. The molecule has 0 atom stereocenters. The van der Waals surface area contributed by atoms with Gasteiger partial charge < -0.3 is 20.5 Å². The first-order chi connectivity index (χ1) is 11.2. The summed E-state index contributed by atoms with van der Waals surface area (Å²) >= 11 is 0. The predicted octanol–water partition coefficient (Wildman–Crippen LogP) is 1.83. The van der Waals surface area contributed by atoms with Crippen LogP contribution in [0.5, 0.6) is 0 Å². The third-order valence-corrected chi connectivity index (χ3v) is 5.15. The van der Waals surface area contributed by atoms with Gasteiger partial charge in [0.25, 0.3) is 0 Å². The molecule has 0 amide bonds. The van der Waals surface area contributed by atoms with E-state index in [1.807, 2.05) is 0 Å². The van der Waals surface area contributed by atoms with Crippen LogP contribution in [0.2, 0.25) is 0 Å². The molecule has 142 valence electrons. The highest BCUT2D eigenvalue weighted by Gasteiger charge is 2.33. The molecule has 1 heterocycles. The lowest BCUT2D eigenvalue weighted by atomic mass is 9.83. The van der Waals surface area contributed by atoms with E-state index in [4.69, 9.17) is 15.2 Å². The Labute approximate surface area is 163 Å². The molecule has 1 saturated heterocycles. The smallest absolute Gasteiger partial charge is 0.188 e. The van der Waals surface area contributed by atoms with E-state index in [9.17, 15) is 0 Å². The summed E-state index contributed by atoms with van der Waals surface area (Å²) < 4.78 is 10.6. The van der Waals surface area contributed by atoms with Gasteiger partial charge in [-0.05, 0) is 37.6 Å². The summed E-state index contributed by atoms with van der Waals surface area (Å²) in [5.74, 6) is 0.593. The maximum absolute atomic E-state index is 6.03. The van der Waals surface area contributed by atoms with Crippen molar-refractivity contribution in [1.29, 1.82) is 0 Å². The van der Waals surface area contributed by atoms with Crippen molar-refractivity contribution in [3.8, 4) is 0 Å². The van der Waals surface area contributed by atoms with Crippen LogP contribution in [0, 0.1) is 5.41 Å². The Bertz CT molecular complexity index is 356. The number of aliphatic imine (C=N–C) groups is 1. The number of ether oxygens (including phenoxy) is 2. The van der Waals surface area contributed by atoms with Gasteiger partial charge in [-0.2, -0.15) is 0 Å². The van der Waals surface area contributed by atoms with Crippen LogP contribution in [0.4, 0.5) is 0 Å². The summed E-state index contributed by atoms with van der Waals surface area (Å²) in [6.07, 6.45) is 7.31. The minimum atomic E-state index is 0. The second-order valence-corrected chi connectivity index (χ2v) is 6.89. The largest absolute Gasteiger partial charge is 0.385 e. The van der Waals surface area contributed by atoms with Crippen molar-refractivity contribution in [2.75, 3.05) is 59.7 Å². The van der Waals surface area contributed by atoms with Crippen LogP contribution in [0.1, 0.15) is 38.5 Å². The third-order valence-electron chi connectivity index (χ3n) is 5.15. The van der Waals surface area contributed by atoms with Crippen LogP contribution in [-0.4, -0.2) is 70.5 Å². The number of halogens is 1. The van der Waals surface area contributed by atoms with Crippen molar-refractivity contribution >= 4 is 29.9 Å². The first-order valence-electron chi connectivity index (χ1n) is 9.07. The molecule has 1 saturated carbocycles. The van der Waals surface area contributed by atoms with Gasteiger partial charge in [-0.15, -0.1) is 24.0 Å². The van der Waals surface area contributed by atoms with Crippen molar-refractivity contribution in [3.63, 3.8) is 0 Å². The van der Waals surface area contributed by atoms with Gasteiger partial charge in [0, 0.05) is 39.9 Å². The third kappa shape index (κ3) is 7.84. The van der Waals surface area contributed by atoms with E-state index in [-0.39, 0.29) is 24.0 Å². The standard InChI is InChI=1S/C17H34N4O2.HI/c1-22-12-7-17(5-2-3-6-17)15-20-16(18)19-8-4-9-21-10-13-23-14-11-21;/h2-15H2,1H3,(H3,18,19,20);1H. The van der Waals surface area contributed by atoms with E-state index < -0.39 is 0 Å². The fourth-order valence-electron chi connectivity index (χ4n) is 3.58. The van der Waals surface area contributed by atoms with E-state index in [1.54, 1.807) is 7.11 Å². The lowest BCUT2D eigenvalue weighted by Crippen LogP contribution is -2.39. The Morgan fingerprint density at radius 3 is 2.67 bits per heavy atom. The molecule has 2 aliphatic rings. The number of hydrogen-bond donors (Lipinski definition) is 2. The molecular formula is C17H35IN4O2. The molecule has 0 aromatic rings. The topological polar surface area (TPSA) is 72.1 Å². The van der Waals surface area contributed by atoms with Gasteiger partial charge >= 0.3 is 0 Å². The molecule has 0 bridgehead atoms. The molecule has 6 nitrogen and oxygen atoms in total. The molecule has 0 radical (unpaired) electrons.